The molecule has 0 spiro atoms. The van der Waals surface area contributed by atoms with Crippen molar-refractivity contribution in [3.63, 3.8) is 0 Å². The number of rotatable bonds is 7. The van der Waals surface area contributed by atoms with E-state index in [9.17, 15) is 9.59 Å². The standard InChI is InChI=1S/C14H21N3O2/c1-3-16-13(18)7-8-15-10-14(19)17-12-6-4-5-11(2)9-12/h4-6,9,15H,3,7-8,10H2,1-2H3,(H,16,18)(H,17,19). The molecule has 0 saturated carbocycles. The average Bonchev–Trinajstić information content (AvgIpc) is 2.35. The van der Waals surface area contributed by atoms with E-state index in [-0.39, 0.29) is 18.4 Å². The van der Waals surface area contributed by atoms with E-state index in [0.29, 0.717) is 19.5 Å². The predicted octanol–water partition coefficient (Wildman–Crippen LogP) is 1.05. The van der Waals surface area contributed by atoms with Gasteiger partial charge in [0, 0.05) is 25.2 Å². The molecule has 0 unspecified atom stereocenters. The number of hydrogen-bond donors (Lipinski definition) is 3. The van der Waals surface area contributed by atoms with Crippen LogP contribution in [0.1, 0.15) is 18.9 Å². The summed E-state index contributed by atoms with van der Waals surface area (Å²) in [6, 6.07) is 7.62. The molecule has 1 aromatic carbocycles. The van der Waals surface area contributed by atoms with E-state index in [4.69, 9.17) is 0 Å². The summed E-state index contributed by atoms with van der Waals surface area (Å²) in [5, 5.41) is 8.43. The highest BCUT2D eigenvalue weighted by atomic mass is 16.2. The molecule has 0 bridgehead atoms. The molecule has 1 aromatic rings. The lowest BCUT2D eigenvalue weighted by molar-refractivity contribution is -0.121. The lowest BCUT2D eigenvalue weighted by Gasteiger charge is -2.07. The Kier molecular flexibility index (Phi) is 6.60. The summed E-state index contributed by atoms with van der Waals surface area (Å²) in [6.45, 7) is 5.17. The highest BCUT2D eigenvalue weighted by Gasteiger charge is 2.03. The largest absolute Gasteiger partial charge is 0.356 e. The molecule has 0 aromatic heterocycles. The molecular weight excluding hydrogens is 242 g/mol. The molecule has 5 nitrogen and oxygen atoms in total. The fourth-order valence-corrected chi connectivity index (χ4v) is 1.62. The lowest BCUT2D eigenvalue weighted by atomic mass is 10.2. The molecule has 0 heterocycles. The maximum absolute atomic E-state index is 11.6. The molecule has 0 fully saturated rings. The molecule has 19 heavy (non-hydrogen) atoms. The zero-order valence-electron chi connectivity index (χ0n) is 11.5. The minimum atomic E-state index is -0.110. The van der Waals surface area contributed by atoms with Gasteiger partial charge in [-0.3, -0.25) is 9.59 Å². The van der Waals surface area contributed by atoms with Crippen LogP contribution in [0.3, 0.4) is 0 Å². The van der Waals surface area contributed by atoms with E-state index in [0.717, 1.165) is 11.3 Å². The van der Waals surface area contributed by atoms with Gasteiger partial charge in [-0.25, -0.2) is 0 Å². The van der Waals surface area contributed by atoms with Crippen LogP contribution in [0.2, 0.25) is 0 Å². The lowest BCUT2D eigenvalue weighted by Crippen LogP contribution is -2.32. The Morgan fingerprint density at radius 1 is 1.21 bits per heavy atom. The third-order valence-corrected chi connectivity index (χ3v) is 2.49. The van der Waals surface area contributed by atoms with Crippen molar-refractivity contribution in [2.45, 2.75) is 20.3 Å². The second kappa shape index (κ2) is 8.26. The molecule has 0 aliphatic heterocycles. The number of hydrogen-bond acceptors (Lipinski definition) is 3. The highest BCUT2D eigenvalue weighted by molar-refractivity contribution is 5.92. The van der Waals surface area contributed by atoms with Crippen LogP contribution in [0.5, 0.6) is 0 Å². The molecule has 0 saturated heterocycles. The summed E-state index contributed by atoms with van der Waals surface area (Å²) < 4.78 is 0. The van der Waals surface area contributed by atoms with E-state index in [1.54, 1.807) is 0 Å². The molecule has 0 atom stereocenters. The molecule has 0 aliphatic carbocycles. The summed E-state index contributed by atoms with van der Waals surface area (Å²) in [6.07, 6.45) is 0.381. The fourth-order valence-electron chi connectivity index (χ4n) is 1.62. The van der Waals surface area contributed by atoms with Gasteiger partial charge in [0.15, 0.2) is 0 Å². The van der Waals surface area contributed by atoms with Crippen LogP contribution < -0.4 is 16.0 Å². The minimum absolute atomic E-state index is 0.00547. The van der Waals surface area contributed by atoms with Crippen LogP contribution in [0.25, 0.3) is 0 Å². The maximum atomic E-state index is 11.6. The molecular formula is C14H21N3O2. The van der Waals surface area contributed by atoms with E-state index < -0.39 is 0 Å². The van der Waals surface area contributed by atoms with Crippen LogP contribution in [-0.2, 0) is 9.59 Å². The maximum Gasteiger partial charge on any atom is 0.238 e. The van der Waals surface area contributed by atoms with Crippen molar-refractivity contribution in [2.75, 3.05) is 25.0 Å². The SMILES string of the molecule is CCNC(=O)CCNCC(=O)Nc1cccc(C)c1. The number of carbonyl (C=O) groups is 2. The van der Waals surface area contributed by atoms with Crippen LogP contribution in [0, 0.1) is 6.92 Å². The molecule has 5 heteroatoms. The van der Waals surface area contributed by atoms with Gasteiger partial charge >= 0.3 is 0 Å². The molecule has 3 N–H and O–H groups in total. The summed E-state index contributed by atoms with van der Waals surface area (Å²) in [5.74, 6) is -0.115. The first-order valence-corrected chi connectivity index (χ1v) is 6.45. The number of amides is 2. The Balaban J connectivity index is 2.20. The Morgan fingerprint density at radius 3 is 2.68 bits per heavy atom. The van der Waals surface area contributed by atoms with Gasteiger partial charge in [-0.2, -0.15) is 0 Å². The zero-order valence-corrected chi connectivity index (χ0v) is 11.5. The first kappa shape index (κ1) is 15.2. The van der Waals surface area contributed by atoms with Crippen LogP contribution >= 0.6 is 0 Å². The molecule has 0 aliphatic rings. The van der Waals surface area contributed by atoms with Crippen molar-refractivity contribution >= 4 is 17.5 Å². The first-order valence-electron chi connectivity index (χ1n) is 6.45. The normalized spacial score (nSPS) is 10.0. The van der Waals surface area contributed by atoms with Crippen molar-refractivity contribution in [1.82, 2.24) is 10.6 Å². The zero-order chi connectivity index (χ0) is 14.1. The smallest absolute Gasteiger partial charge is 0.238 e. The molecule has 104 valence electrons. The Morgan fingerprint density at radius 2 is 2.00 bits per heavy atom. The van der Waals surface area contributed by atoms with Crippen molar-refractivity contribution in [1.29, 1.82) is 0 Å². The Hall–Kier alpha value is -1.88. The van der Waals surface area contributed by atoms with Crippen molar-refractivity contribution in [3.05, 3.63) is 29.8 Å². The first-order chi connectivity index (χ1) is 9.11. The number of aryl methyl sites for hydroxylation is 1. The monoisotopic (exact) mass is 263 g/mol. The van der Waals surface area contributed by atoms with E-state index >= 15 is 0 Å². The quantitative estimate of drug-likeness (QED) is 0.644. The summed E-state index contributed by atoms with van der Waals surface area (Å²) in [4.78, 5) is 22.8. The Bertz CT molecular complexity index is 432. The highest BCUT2D eigenvalue weighted by Crippen LogP contribution is 2.08. The summed E-state index contributed by atoms with van der Waals surface area (Å²) in [5.41, 5.74) is 1.89. The predicted molar refractivity (Wildman–Crippen MR) is 76.0 cm³/mol. The third-order valence-electron chi connectivity index (χ3n) is 2.49. The number of benzene rings is 1. The van der Waals surface area contributed by atoms with Crippen LogP contribution in [-0.4, -0.2) is 31.4 Å². The fraction of sp³-hybridized carbons (Fsp3) is 0.429. The van der Waals surface area contributed by atoms with E-state index in [1.807, 2.05) is 38.1 Å². The van der Waals surface area contributed by atoms with Gasteiger partial charge in [0.25, 0.3) is 0 Å². The summed E-state index contributed by atoms with van der Waals surface area (Å²) >= 11 is 0. The van der Waals surface area contributed by atoms with E-state index in [2.05, 4.69) is 16.0 Å². The molecule has 1 rings (SSSR count). The van der Waals surface area contributed by atoms with Gasteiger partial charge in [0.2, 0.25) is 11.8 Å². The minimum Gasteiger partial charge on any atom is -0.356 e. The average molecular weight is 263 g/mol. The molecule has 0 radical (unpaired) electrons. The number of carbonyl (C=O) groups excluding carboxylic acids is 2. The number of anilines is 1. The van der Waals surface area contributed by atoms with Gasteiger partial charge in [-0.15, -0.1) is 0 Å². The third kappa shape index (κ3) is 6.57. The van der Waals surface area contributed by atoms with Crippen molar-refractivity contribution in [3.8, 4) is 0 Å². The summed E-state index contributed by atoms with van der Waals surface area (Å²) in [7, 11) is 0. The topological polar surface area (TPSA) is 70.2 Å². The second-order valence-electron chi connectivity index (χ2n) is 4.30. The number of nitrogens with one attached hydrogen (secondary N) is 3. The van der Waals surface area contributed by atoms with Gasteiger partial charge in [-0.1, -0.05) is 12.1 Å². The van der Waals surface area contributed by atoms with Crippen molar-refractivity contribution < 1.29 is 9.59 Å². The Labute approximate surface area is 113 Å². The van der Waals surface area contributed by atoms with Gasteiger partial charge in [0.05, 0.1) is 6.54 Å². The van der Waals surface area contributed by atoms with Crippen molar-refractivity contribution in [2.24, 2.45) is 0 Å². The van der Waals surface area contributed by atoms with Gasteiger partial charge in [0.1, 0.15) is 0 Å². The van der Waals surface area contributed by atoms with Gasteiger partial charge < -0.3 is 16.0 Å². The molecule has 2 amide bonds. The second-order valence-corrected chi connectivity index (χ2v) is 4.30. The van der Waals surface area contributed by atoms with Crippen LogP contribution in [0.4, 0.5) is 5.69 Å². The van der Waals surface area contributed by atoms with Crippen LogP contribution in [0.15, 0.2) is 24.3 Å². The van der Waals surface area contributed by atoms with Gasteiger partial charge in [-0.05, 0) is 31.5 Å². The van der Waals surface area contributed by atoms with E-state index in [1.165, 1.54) is 0 Å².